The maximum atomic E-state index is 11.9. The number of nitrogens with zero attached hydrogens (tertiary/aromatic N) is 2. The number of carbonyl (C=O) groups excluding carboxylic acids is 1. The van der Waals surface area contributed by atoms with Gasteiger partial charge in [0.15, 0.2) is 0 Å². The number of methoxy groups -OCH3 is 1. The molecule has 2 N–H and O–H groups in total. The zero-order valence-corrected chi connectivity index (χ0v) is 12.1. The van der Waals surface area contributed by atoms with Gasteiger partial charge in [0.25, 0.3) is 0 Å². The fourth-order valence-corrected chi connectivity index (χ4v) is 2.33. The van der Waals surface area contributed by atoms with E-state index in [1.807, 2.05) is 7.05 Å². The van der Waals surface area contributed by atoms with Crippen LogP contribution in [0.2, 0.25) is 0 Å². The minimum absolute atomic E-state index is 0.274. The normalized spacial score (nSPS) is 19.1. The highest BCUT2D eigenvalue weighted by atomic mass is 16.5. The molecule has 1 aliphatic carbocycles. The Bertz CT molecular complexity index is 279. The Kier molecular flexibility index (Phi) is 5.56. The van der Waals surface area contributed by atoms with Gasteiger partial charge in [0.1, 0.15) is 5.54 Å². The number of ether oxygens (including phenoxy) is 1. The summed E-state index contributed by atoms with van der Waals surface area (Å²) >= 11 is 0. The van der Waals surface area contributed by atoms with Gasteiger partial charge in [0.2, 0.25) is 0 Å². The van der Waals surface area contributed by atoms with E-state index in [1.54, 1.807) is 0 Å². The Morgan fingerprint density at radius 3 is 2.39 bits per heavy atom. The minimum atomic E-state index is -0.818. The zero-order valence-electron chi connectivity index (χ0n) is 12.1. The monoisotopic (exact) mass is 257 g/mol. The maximum Gasteiger partial charge on any atom is 0.327 e. The van der Waals surface area contributed by atoms with Crippen molar-refractivity contribution < 1.29 is 9.53 Å². The standard InChI is InChI=1S/C13H27N3O2/c1-15(2)8-5-9-16(3)10-13(14,11-6-7-11)12(17)18-4/h11H,5-10,14H2,1-4H3. The number of carbonyl (C=O) groups is 1. The van der Waals surface area contributed by atoms with Gasteiger partial charge in [-0.25, -0.2) is 0 Å². The summed E-state index contributed by atoms with van der Waals surface area (Å²) in [5.41, 5.74) is 5.45. The molecule has 1 atom stereocenters. The Morgan fingerprint density at radius 2 is 1.94 bits per heavy atom. The van der Waals surface area contributed by atoms with Crippen molar-refractivity contribution in [3.63, 3.8) is 0 Å². The third-order valence-electron chi connectivity index (χ3n) is 3.55. The molecule has 0 aliphatic heterocycles. The molecular weight excluding hydrogens is 230 g/mol. The van der Waals surface area contributed by atoms with Crippen molar-refractivity contribution in [2.45, 2.75) is 24.8 Å². The second-order valence-electron chi connectivity index (χ2n) is 5.70. The highest BCUT2D eigenvalue weighted by Gasteiger charge is 2.49. The van der Waals surface area contributed by atoms with Crippen LogP contribution in [0, 0.1) is 5.92 Å². The van der Waals surface area contributed by atoms with E-state index in [9.17, 15) is 4.79 Å². The summed E-state index contributed by atoms with van der Waals surface area (Å²) in [6, 6.07) is 0. The van der Waals surface area contributed by atoms with Gasteiger partial charge < -0.3 is 20.3 Å². The van der Waals surface area contributed by atoms with Crippen LogP contribution in [-0.4, -0.2) is 69.2 Å². The van der Waals surface area contributed by atoms with Gasteiger partial charge in [0.05, 0.1) is 7.11 Å². The van der Waals surface area contributed by atoms with E-state index in [-0.39, 0.29) is 5.97 Å². The number of hydrogen-bond acceptors (Lipinski definition) is 5. The van der Waals surface area contributed by atoms with E-state index in [2.05, 4.69) is 23.9 Å². The number of nitrogens with two attached hydrogens (primary N) is 1. The first kappa shape index (κ1) is 15.4. The molecule has 0 radical (unpaired) electrons. The van der Waals surface area contributed by atoms with Gasteiger partial charge in [-0.2, -0.15) is 0 Å². The molecule has 1 aliphatic rings. The van der Waals surface area contributed by atoms with Crippen molar-refractivity contribution in [2.24, 2.45) is 11.7 Å². The second-order valence-corrected chi connectivity index (χ2v) is 5.70. The summed E-state index contributed by atoms with van der Waals surface area (Å²) in [7, 11) is 7.55. The summed E-state index contributed by atoms with van der Waals surface area (Å²) in [6.07, 6.45) is 3.15. The van der Waals surface area contributed by atoms with Crippen LogP contribution in [0.3, 0.4) is 0 Å². The lowest BCUT2D eigenvalue weighted by Crippen LogP contribution is -2.58. The van der Waals surface area contributed by atoms with Crippen LogP contribution < -0.4 is 5.73 Å². The van der Waals surface area contributed by atoms with Gasteiger partial charge in [-0.05, 0) is 59.4 Å². The fraction of sp³-hybridized carbons (Fsp3) is 0.923. The van der Waals surface area contributed by atoms with Gasteiger partial charge in [-0.1, -0.05) is 0 Å². The van der Waals surface area contributed by atoms with E-state index in [0.717, 1.165) is 32.4 Å². The van der Waals surface area contributed by atoms with E-state index in [0.29, 0.717) is 12.5 Å². The molecular formula is C13H27N3O2. The van der Waals surface area contributed by atoms with Crippen LogP contribution in [0.1, 0.15) is 19.3 Å². The van der Waals surface area contributed by atoms with Gasteiger partial charge >= 0.3 is 5.97 Å². The Hall–Kier alpha value is -0.650. The SMILES string of the molecule is COC(=O)C(N)(CN(C)CCCN(C)C)C1CC1. The van der Waals surface area contributed by atoms with Crippen molar-refractivity contribution >= 4 is 5.97 Å². The molecule has 1 saturated carbocycles. The van der Waals surface area contributed by atoms with Crippen LogP contribution in [-0.2, 0) is 9.53 Å². The summed E-state index contributed by atoms with van der Waals surface area (Å²) in [5, 5.41) is 0. The van der Waals surface area contributed by atoms with E-state index in [4.69, 9.17) is 10.5 Å². The quantitative estimate of drug-likeness (QED) is 0.627. The number of hydrogen-bond donors (Lipinski definition) is 1. The number of likely N-dealkylation sites (N-methyl/N-ethyl adjacent to an activating group) is 1. The van der Waals surface area contributed by atoms with Crippen molar-refractivity contribution in [3.8, 4) is 0 Å². The summed E-state index contributed by atoms with van der Waals surface area (Å²) in [4.78, 5) is 16.1. The second kappa shape index (κ2) is 6.50. The highest BCUT2D eigenvalue weighted by Crippen LogP contribution is 2.39. The average molecular weight is 257 g/mol. The van der Waals surface area contributed by atoms with Gasteiger partial charge in [-0.15, -0.1) is 0 Å². The largest absolute Gasteiger partial charge is 0.468 e. The van der Waals surface area contributed by atoms with Gasteiger partial charge in [-0.3, -0.25) is 4.79 Å². The molecule has 0 saturated heterocycles. The molecule has 1 unspecified atom stereocenters. The minimum Gasteiger partial charge on any atom is -0.468 e. The van der Waals surface area contributed by atoms with E-state index >= 15 is 0 Å². The Morgan fingerprint density at radius 1 is 1.33 bits per heavy atom. The number of esters is 1. The Balaban J connectivity index is 2.43. The van der Waals surface area contributed by atoms with Crippen molar-refractivity contribution in [2.75, 3.05) is 47.9 Å². The first-order chi connectivity index (χ1) is 8.40. The van der Waals surface area contributed by atoms with Crippen LogP contribution in [0.25, 0.3) is 0 Å². The molecule has 0 spiro atoms. The molecule has 0 heterocycles. The van der Waals surface area contributed by atoms with Crippen molar-refractivity contribution in [1.82, 2.24) is 9.80 Å². The van der Waals surface area contributed by atoms with Crippen LogP contribution in [0.15, 0.2) is 0 Å². The lowest BCUT2D eigenvalue weighted by Gasteiger charge is -2.31. The molecule has 5 heteroatoms. The molecule has 1 rings (SSSR count). The molecule has 18 heavy (non-hydrogen) atoms. The lowest BCUT2D eigenvalue weighted by atomic mass is 9.94. The predicted molar refractivity (Wildman–Crippen MR) is 72.3 cm³/mol. The summed E-state index contributed by atoms with van der Waals surface area (Å²) < 4.78 is 4.86. The van der Waals surface area contributed by atoms with Crippen LogP contribution in [0.5, 0.6) is 0 Å². The van der Waals surface area contributed by atoms with E-state index in [1.165, 1.54) is 7.11 Å². The predicted octanol–water partition coefficient (Wildman–Crippen LogP) is 0.150. The molecule has 5 nitrogen and oxygen atoms in total. The van der Waals surface area contributed by atoms with Crippen molar-refractivity contribution in [3.05, 3.63) is 0 Å². The van der Waals surface area contributed by atoms with E-state index < -0.39 is 5.54 Å². The highest BCUT2D eigenvalue weighted by molar-refractivity contribution is 5.81. The number of rotatable bonds is 8. The molecule has 106 valence electrons. The lowest BCUT2D eigenvalue weighted by molar-refractivity contribution is -0.148. The molecule has 1 fully saturated rings. The molecule has 0 aromatic heterocycles. The summed E-state index contributed by atoms with van der Waals surface area (Å²) in [6.45, 7) is 2.57. The fourth-order valence-electron chi connectivity index (χ4n) is 2.33. The zero-order chi connectivity index (χ0) is 13.8. The molecule has 0 amide bonds. The van der Waals surface area contributed by atoms with Crippen molar-refractivity contribution in [1.29, 1.82) is 0 Å². The third-order valence-corrected chi connectivity index (χ3v) is 3.55. The Labute approximate surface area is 110 Å². The third kappa shape index (κ3) is 4.23. The maximum absolute atomic E-state index is 11.9. The van der Waals surface area contributed by atoms with Gasteiger partial charge in [0, 0.05) is 6.54 Å². The first-order valence-corrected chi connectivity index (χ1v) is 6.60. The van der Waals surface area contributed by atoms with Crippen LogP contribution >= 0.6 is 0 Å². The summed E-state index contributed by atoms with van der Waals surface area (Å²) in [5.74, 6) is 0.0192. The average Bonchev–Trinajstić information content (AvgIpc) is 3.11. The molecule has 0 bridgehead atoms. The smallest absolute Gasteiger partial charge is 0.327 e. The molecule has 0 aromatic rings. The topological polar surface area (TPSA) is 58.8 Å². The molecule has 0 aromatic carbocycles. The van der Waals surface area contributed by atoms with Crippen LogP contribution in [0.4, 0.5) is 0 Å². The first-order valence-electron chi connectivity index (χ1n) is 6.60.